The van der Waals surface area contributed by atoms with E-state index in [1.165, 1.54) is 5.56 Å². The van der Waals surface area contributed by atoms with Crippen molar-refractivity contribution in [2.45, 2.75) is 52.5 Å². The van der Waals surface area contributed by atoms with E-state index >= 15 is 0 Å². The molecule has 0 spiro atoms. The number of nitrogens with one attached hydrogen (secondary N) is 1. The molecule has 1 amide bonds. The third-order valence-electron chi connectivity index (χ3n) is 4.47. The van der Waals surface area contributed by atoms with Gasteiger partial charge in [0.25, 0.3) is 5.91 Å². The zero-order valence-corrected chi connectivity index (χ0v) is 14.8. The summed E-state index contributed by atoms with van der Waals surface area (Å²) in [5.41, 5.74) is 3.94. The Hall–Kier alpha value is -2.10. The summed E-state index contributed by atoms with van der Waals surface area (Å²) in [6.45, 7) is 8.41. The number of carbonyl (C=O) groups excluding carboxylic acids is 1. The summed E-state index contributed by atoms with van der Waals surface area (Å²) in [5.74, 6) is 0.488. The number of aryl methyl sites for hydroxylation is 2. The van der Waals surface area contributed by atoms with Gasteiger partial charge >= 0.3 is 0 Å². The minimum Gasteiger partial charge on any atom is -0.344 e. The third kappa shape index (κ3) is 4.01. The molecule has 0 radical (unpaired) electrons. The second-order valence-electron chi connectivity index (χ2n) is 6.20. The minimum absolute atomic E-state index is 0.0173. The average Bonchev–Trinajstić information content (AvgIpc) is 2.90. The van der Waals surface area contributed by atoms with Gasteiger partial charge < -0.3 is 5.32 Å². The maximum absolute atomic E-state index is 12.5. The van der Waals surface area contributed by atoms with Crippen LogP contribution in [-0.2, 0) is 7.05 Å². The molecule has 2 aromatic rings. The molecule has 0 fully saturated rings. The molecule has 1 aromatic carbocycles. The summed E-state index contributed by atoms with van der Waals surface area (Å²) in [7, 11) is 1.80. The lowest BCUT2D eigenvalue weighted by molar-refractivity contribution is 0.0926. The summed E-state index contributed by atoms with van der Waals surface area (Å²) >= 11 is 0. The Labute approximate surface area is 138 Å². The van der Waals surface area contributed by atoms with Gasteiger partial charge in [0.1, 0.15) is 5.69 Å². The van der Waals surface area contributed by atoms with Gasteiger partial charge in [-0.2, -0.15) is 5.10 Å². The lowest BCUT2D eigenvalue weighted by atomic mass is 9.95. The van der Waals surface area contributed by atoms with E-state index in [1.54, 1.807) is 11.7 Å². The smallest absolute Gasteiger partial charge is 0.270 e. The van der Waals surface area contributed by atoms with Crippen molar-refractivity contribution in [2.75, 3.05) is 0 Å². The van der Waals surface area contributed by atoms with Crippen LogP contribution in [0.1, 0.15) is 72.9 Å². The maximum atomic E-state index is 12.5. The predicted molar refractivity (Wildman–Crippen MR) is 93.6 cm³/mol. The molecule has 0 aliphatic rings. The number of rotatable bonds is 6. The molecular weight excluding hydrogens is 286 g/mol. The maximum Gasteiger partial charge on any atom is 0.270 e. The average molecular weight is 313 g/mol. The fraction of sp³-hybridized carbons (Fsp3) is 0.474. The highest BCUT2D eigenvalue weighted by Gasteiger charge is 2.17. The van der Waals surface area contributed by atoms with E-state index in [-0.39, 0.29) is 11.9 Å². The molecule has 0 bridgehead atoms. The molecular formula is C19H27N3O. The van der Waals surface area contributed by atoms with Crippen LogP contribution in [0.2, 0.25) is 0 Å². The number of amides is 1. The molecule has 2 unspecified atom stereocenters. The van der Waals surface area contributed by atoms with E-state index in [4.69, 9.17) is 0 Å². The predicted octanol–water partition coefficient (Wildman–Crippen LogP) is 4.12. The SMILES string of the molecule is CCC(C)c1ccc(C(CC)NC(=O)c2cc(C)nn2C)cc1. The molecule has 1 heterocycles. The van der Waals surface area contributed by atoms with Crippen molar-refractivity contribution in [3.8, 4) is 0 Å². The van der Waals surface area contributed by atoms with Crippen molar-refractivity contribution < 1.29 is 4.79 Å². The van der Waals surface area contributed by atoms with Gasteiger partial charge in [0.05, 0.1) is 11.7 Å². The third-order valence-corrected chi connectivity index (χ3v) is 4.47. The monoisotopic (exact) mass is 313 g/mol. The van der Waals surface area contributed by atoms with Crippen LogP contribution in [0, 0.1) is 6.92 Å². The molecule has 4 heteroatoms. The second-order valence-corrected chi connectivity index (χ2v) is 6.20. The van der Waals surface area contributed by atoms with E-state index in [0.717, 1.165) is 24.1 Å². The second kappa shape index (κ2) is 7.44. The standard InChI is InChI=1S/C19H27N3O/c1-6-13(3)15-8-10-16(11-9-15)17(7-2)20-19(23)18-12-14(4)21-22(18)5/h8-13,17H,6-7H2,1-5H3,(H,20,23). The van der Waals surface area contributed by atoms with Crippen molar-refractivity contribution >= 4 is 5.91 Å². The number of aromatic nitrogens is 2. The molecule has 124 valence electrons. The summed E-state index contributed by atoms with van der Waals surface area (Å²) < 4.78 is 1.63. The number of nitrogens with zero attached hydrogens (tertiary/aromatic N) is 2. The normalized spacial score (nSPS) is 13.6. The van der Waals surface area contributed by atoms with Gasteiger partial charge in [-0.3, -0.25) is 9.48 Å². The van der Waals surface area contributed by atoms with Crippen LogP contribution < -0.4 is 5.32 Å². The summed E-state index contributed by atoms with van der Waals surface area (Å²) in [6.07, 6.45) is 1.98. The van der Waals surface area contributed by atoms with Crippen molar-refractivity contribution in [1.29, 1.82) is 0 Å². The van der Waals surface area contributed by atoms with Gasteiger partial charge in [-0.05, 0) is 42.9 Å². The Morgan fingerprint density at radius 2 is 1.78 bits per heavy atom. The number of benzene rings is 1. The van der Waals surface area contributed by atoms with E-state index in [0.29, 0.717) is 11.6 Å². The first-order valence-corrected chi connectivity index (χ1v) is 8.37. The molecule has 1 N–H and O–H groups in total. The minimum atomic E-state index is -0.0778. The largest absolute Gasteiger partial charge is 0.344 e. The Balaban J connectivity index is 2.13. The van der Waals surface area contributed by atoms with Gasteiger partial charge in [0.15, 0.2) is 0 Å². The molecule has 4 nitrogen and oxygen atoms in total. The van der Waals surface area contributed by atoms with E-state index in [2.05, 4.69) is 55.5 Å². The zero-order valence-electron chi connectivity index (χ0n) is 14.8. The number of hydrogen-bond donors (Lipinski definition) is 1. The topological polar surface area (TPSA) is 46.9 Å². The van der Waals surface area contributed by atoms with Crippen LogP contribution in [-0.4, -0.2) is 15.7 Å². The Morgan fingerprint density at radius 1 is 1.17 bits per heavy atom. The van der Waals surface area contributed by atoms with Crippen LogP contribution in [0.5, 0.6) is 0 Å². The Bertz CT molecular complexity index is 658. The quantitative estimate of drug-likeness (QED) is 0.872. The summed E-state index contributed by atoms with van der Waals surface area (Å²) in [6, 6.07) is 10.4. The van der Waals surface area contributed by atoms with E-state index < -0.39 is 0 Å². The van der Waals surface area contributed by atoms with Crippen LogP contribution in [0.4, 0.5) is 0 Å². The first kappa shape index (κ1) is 17.3. The summed E-state index contributed by atoms with van der Waals surface area (Å²) in [4.78, 5) is 12.5. The molecule has 0 aliphatic carbocycles. The fourth-order valence-corrected chi connectivity index (χ4v) is 2.77. The lowest BCUT2D eigenvalue weighted by Crippen LogP contribution is -2.29. The van der Waals surface area contributed by atoms with Crippen LogP contribution in [0.15, 0.2) is 30.3 Å². The highest BCUT2D eigenvalue weighted by molar-refractivity contribution is 5.92. The van der Waals surface area contributed by atoms with Crippen molar-refractivity contribution in [2.24, 2.45) is 7.05 Å². The van der Waals surface area contributed by atoms with E-state index in [9.17, 15) is 4.79 Å². The van der Waals surface area contributed by atoms with Gasteiger partial charge in [-0.25, -0.2) is 0 Å². The molecule has 0 saturated heterocycles. The van der Waals surface area contributed by atoms with Crippen molar-refractivity contribution in [1.82, 2.24) is 15.1 Å². The molecule has 1 aromatic heterocycles. The van der Waals surface area contributed by atoms with Gasteiger partial charge in [-0.1, -0.05) is 45.0 Å². The van der Waals surface area contributed by atoms with E-state index in [1.807, 2.05) is 13.0 Å². The highest BCUT2D eigenvalue weighted by Crippen LogP contribution is 2.23. The highest BCUT2D eigenvalue weighted by atomic mass is 16.2. The number of hydrogen-bond acceptors (Lipinski definition) is 2. The summed E-state index contributed by atoms with van der Waals surface area (Å²) in [5, 5.41) is 7.35. The van der Waals surface area contributed by atoms with Crippen LogP contribution >= 0.6 is 0 Å². The first-order chi connectivity index (χ1) is 11.0. The van der Waals surface area contributed by atoms with Gasteiger partial charge in [0.2, 0.25) is 0 Å². The van der Waals surface area contributed by atoms with Crippen molar-refractivity contribution in [3.05, 3.63) is 52.8 Å². The molecule has 0 aliphatic heterocycles. The molecule has 2 atom stereocenters. The molecule has 23 heavy (non-hydrogen) atoms. The Kier molecular flexibility index (Phi) is 5.59. The van der Waals surface area contributed by atoms with Gasteiger partial charge in [-0.15, -0.1) is 0 Å². The molecule has 0 saturated carbocycles. The number of carbonyl (C=O) groups is 1. The van der Waals surface area contributed by atoms with Gasteiger partial charge in [0, 0.05) is 7.05 Å². The zero-order chi connectivity index (χ0) is 17.0. The van der Waals surface area contributed by atoms with Crippen LogP contribution in [0.25, 0.3) is 0 Å². The molecule has 2 rings (SSSR count). The fourth-order valence-electron chi connectivity index (χ4n) is 2.77. The lowest BCUT2D eigenvalue weighted by Gasteiger charge is -2.18. The van der Waals surface area contributed by atoms with Crippen molar-refractivity contribution in [3.63, 3.8) is 0 Å². The Morgan fingerprint density at radius 3 is 2.26 bits per heavy atom. The van der Waals surface area contributed by atoms with Crippen LogP contribution in [0.3, 0.4) is 0 Å². The first-order valence-electron chi connectivity index (χ1n) is 8.37.